The molecule has 1 heteroatoms. The van der Waals surface area contributed by atoms with Crippen molar-refractivity contribution in [2.75, 3.05) is 6.61 Å². The highest BCUT2D eigenvalue weighted by Crippen LogP contribution is 2.29. The monoisotopic (exact) mass is 216 g/mol. The van der Waals surface area contributed by atoms with Crippen LogP contribution in [0.15, 0.2) is 18.2 Å². The van der Waals surface area contributed by atoms with Crippen LogP contribution in [0.25, 0.3) is 0 Å². The van der Waals surface area contributed by atoms with E-state index < -0.39 is 0 Å². The van der Waals surface area contributed by atoms with E-state index >= 15 is 0 Å². The van der Waals surface area contributed by atoms with Gasteiger partial charge in [0.1, 0.15) is 12.4 Å². The van der Waals surface area contributed by atoms with Crippen molar-refractivity contribution in [3.8, 4) is 18.1 Å². The zero-order chi connectivity index (χ0) is 12.1. The Hall–Kier alpha value is -1.42. The van der Waals surface area contributed by atoms with E-state index in [1.165, 1.54) is 11.1 Å². The summed E-state index contributed by atoms with van der Waals surface area (Å²) in [5.74, 6) is 4.40. The summed E-state index contributed by atoms with van der Waals surface area (Å²) in [6, 6.07) is 6.37. The first-order valence-corrected chi connectivity index (χ1v) is 5.76. The van der Waals surface area contributed by atoms with E-state index in [9.17, 15) is 0 Å². The highest BCUT2D eigenvalue weighted by molar-refractivity contribution is 5.40. The lowest BCUT2D eigenvalue weighted by molar-refractivity contribution is 0.364. The summed E-state index contributed by atoms with van der Waals surface area (Å²) in [7, 11) is 0. The van der Waals surface area contributed by atoms with Gasteiger partial charge in [0.05, 0.1) is 0 Å². The van der Waals surface area contributed by atoms with Crippen LogP contribution in [-0.4, -0.2) is 6.61 Å². The van der Waals surface area contributed by atoms with E-state index in [0.717, 1.165) is 5.75 Å². The average Bonchev–Trinajstić information content (AvgIpc) is 2.25. The molecule has 0 saturated heterocycles. The van der Waals surface area contributed by atoms with Crippen molar-refractivity contribution in [1.82, 2.24) is 0 Å². The van der Waals surface area contributed by atoms with Gasteiger partial charge in [-0.3, -0.25) is 0 Å². The van der Waals surface area contributed by atoms with Gasteiger partial charge in [0.15, 0.2) is 0 Å². The predicted molar refractivity (Wildman–Crippen MR) is 68.9 cm³/mol. The molecule has 0 N–H and O–H groups in total. The van der Waals surface area contributed by atoms with Crippen LogP contribution in [0.3, 0.4) is 0 Å². The summed E-state index contributed by atoms with van der Waals surface area (Å²) in [5, 5.41) is 0. The van der Waals surface area contributed by atoms with Crippen LogP contribution in [0.2, 0.25) is 0 Å². The maximum Gasteiger partial charge on any atom is 0.148 e. The molecule has 1 rings (SSSR count). The Bertz CT molecular complexity index is 383. The number of hydrogen-bond donors (Lipinski definition) is 0. The van der Waals surface area contributed by atoms with E-state index in [4.69, 9.17) is 11.2 Å². The third-order valence-corrected chi connectivity index (χ3v) is 2.63. The Balaban J connectivity index is 3.05. The van der Waals surface area contributed by atoms with E-state index in [-0.39, 0.29) is 0 Å². The highest BCUT2D eigenvalue weighted by Gasteiger charge is 2.10. The maximum atomic E-state index is 5.55. The molecule has 0 aliphatic heterocycles. The summed E-state index contributed by atoms with van der Waals surface area (Å²) >= 11 is 0. The Morgan fingerprint density at radius 3 is 2.38 bits per heavy atom. The number of benzene rings is 1. The van der Waals surface area contributed by atoms with Crippen molar-refractivity contribution < 1.29 is 4.74 Å². The first-order chi connectivity index (χ1) is 7.56. The molecule has 0 aliphatic rings. The van der Waals surface area contributed by atoms with Gasteiger partial charge in [0, 0.05) is 0 Å². The van der Waals surface area contributed by atoms with Gasteiger partial charge in [-0.25, -0.2) is 0 Å². The van der Waals surface area contributed by atoms with Gasteiger partial charge in [0.2, 0.25) is 0 Å². The second kappa shape index (κ2) is 5.61. The molecule has 0 atom stereocenters. The fourth-order valence-corrected chi connectivity index (χ4v) is 1.63. The smallest absolute Gasteiger partial charge is 0.148 e. The zero-order valence-corrected chi connectivity index (χ0v) is 10.6. The second-order valence-electron chi connectivity index (χ2n) is 4.60. The summed E-state index contributed by atoms with van der Waals surface area (Å²) in [5.41, 5.74) is 2.58. The standard InChI is InChI=1S/C15H20O/c1-6-9-16-15-8-7-13(11(2)3)10-14(15)12(4)5/h1,7-8,10-12H,9H2,2-5H3. The Kier molecular flexibility index (Phi) is 4.43. The van der Waals surface area contributed by atoms with Gasteiger partial charge >= 0.3 is 0 Å². The van der Waals surface area contributed by atoms with Crippen LogP contribution in [0.5, 0.6) is 5.75 Å². The molecule has 16 heavy (non-hydrogen) atoms. The summed E-state index contributed by atoms with van der Waals surface area (Å²) in [4.78, 5) is 0. The van der Waals surface area contributed by atoms with E-state index in [0.29, 0.717) is 18.4 Å². The van der Waals surface area contributed by atoms with Gasteiger partial charge in [-0.05, 0) is 29.0 Å². The average molecular weight is 216 g/mol. The van der Waals surface area contributed by atoms with Crippen molar-refractivity contribution in [3.05, 3.63) is 29.3 Å². The minimum atomic E-state index is 0.334. The Morgan fingerprint density at radius 2 is 1.88 bits per heavy atom. The number of rotatable bonds is 4. The first-order valence-electron chi connectivity index (χ1n) is 5.76. The Morgan fingerprint density at radius 1 is 1.19 bits per heavy atom. The molecular weight excluding hydrogens is 196 g/mol. The van der Waals surface area contributed by atoms with E-state index in [1.54, 1.807) is 0 Å². The van der Waals surface area contributed by atoms with Crippen LogP contribution in [0, 0.1) is 12.3 Å². The maximum absolute atomic E-state index is 5.55. The van der Waals surface area contributed by atoms with Crippen molar-refractivity contribution in [2.45, 2.75) is 39.5 Å². The predicted octanol–water partition coefficient (Wildman–Crippen LogP) is 3.95. The van der Waals surface area contributed by atoms with E-state index in [2.05, 4.69) is 45.7 Å². The lowest BCUT2D eigenvalue weighted by atomic mass is 9.95. The molecule has 0 radical (unpaired) electrons. The summed E-state index contributed by atoms with van der Waals surface area (Å²) in [6.07, 6.45) is 5.21. The van der Waals surface area contributed by atoms with Gasteiger partial charge in [0.25, 0.3) is 0 Å². The fraction of sp³-hybridized carbons (Fsp3) is 0.467. The molecule has 1 nitrogen and oxygen atoms in total. The van der Waals surface area contributed by atoms with Crippen LogP contribution in [0.4, 0.5) is 0 Å². The minimum absolute atomic E-state index is 0.334. The quantitative estimate of drug-likeness (QED) is 0.692. The van der Waals surface area contributed by atoms with E-state index in [1.807, 2.05) is 6.07 Å². The molecule has 86 valence electrons. The minimum Gasteiger partial charge on any atom is -0.481 e. The third kappa shape index (κ3) is 3.03. The largest absolute Gasteiger partial charge is 0.481 e. The van der Waals surface area contributed by atoms with Gasteiger partial charge in [-0.2, -0.15) is 0 Å². The lowest BCUT2D eigenvalue weighted by Gasteiger charge is -2.15. The number of terminal acetylenes is 1. The molecular formula is C15H20O. The molecule has 0 spiro atoms. The molecule has 0 aromatic heterocycles. The van der Waals surface area contributed by atoms with Gasteiger partial charge in [-0.15, -0.1) is 6.42 Å². The van der Waals surface area contributed by atoms with Crippen molar-refractivity contribution >= 4 is 0 Å². The normalized spacial score (nSPS) is 10.6. The second-order valence-corrected chi connectivity index (χ2v) is 4.60. The summed E-state index contributed by atoms with van der Waals surface area (Å²) < 4.78 is 5.55. The van der Waals surface area contributed by atoms with Crippen LogP contribution in [0.1, 0.15) is 50.7 Å². The third-order valence-electron chi connectivity index (χ3n) is 2.63. The topological polar surface area (TPSA) is 9.23 Å². The summed E-state index contributed by atoms with van der Waals surface area (Å²) in [6.45, 7) is 9.06. The number of hydrogen-bond acceptors (Lipinski definition) is 1. The molecule has 1 aromatic carbocycles. The van der Waals surface area contributed by atoms with Crippen molar-refractivity contribution in [1.29, 1.82) is 0 Å². The van der Waals surface area contributed by atoms with Gasteiger partial charge < -0.3 is 4.74 Å². The lowest BCUT2D eigenvalue weighted by Crippen LogP contribution is -2.01. The first kappa shape index (κ1) is 12.6. The van der Waals surface area contributed by atoms with Crippen LogP contribution in [-0.2, 0) is 0 Å². The van der Waals surface area contributed by atoms with Crippen LogP contribution < -0.4 is 4.74 Å². The number of ether oxygens (including phenoxy) is 1. The molecule has 0 bridgehead atoms. The SMILES string of the molecule is C#CCOc1ccc(C(C)C)cc1C(C)C. The van der Waals surface area contributed by atoms with Crippen molar-refractivity contribution in [3.63, 3.8) is 0 Å². The Labute approximate surface area is 98.8 Å². The highest BCUT2D eigenvalue weighted by atomic mass is 16.5. The van der Waals surface area contributed by atoms with Crippen molar-refractivity contribution in [2.24, 2.45) is 0 Å². The molecule has 0 unspecified atom stereocenters. The van der Waals surface area contributed by atoms with Gasteiger partial charge in [-0.1, -0.05) is 45.7 Å². The molecule has 0 amide bonds. The zero-order valence-electron chi connectivity index (χ0n) is 10.6. The molecule has 1 aromatic rings. The molecule has 0 aliphatic carbocycles. The molecule has 0 fully saturated rings. The molecule has 0 saturated carbocycles. The molecule has 0 heterocycles. The van der Waals surface area contributed by atoms with Crippen LogP contribution >= 0.6 is 0 Å². The fourth-order valence-electron chi connectivity index (χ4n) is 1.63.